The molecule has 0 heterocycles. The summed E-state index contributed by atoms with van der Waals surface area (Å²) < 4.78 is 0. The maximum absolute atomic E-state index is 2.47. The summed E-state index contributed by atoms with van der Waals surface area (Å²) in [6.07, 6.45) is 1.27. The first-order valence-electron chi connectivity index (χ1n) is 5.95. The minimum atomic E-state index is 0.781. The van der Waals surface area contributed by atoms with Gasteiger partial charge in [0.1, 0.15) is 0 Å². The summed E-state index contributed by atoms with van der Waals surface area (Å²) in [6.45, 7) is 11.2. The third kappa shape index (κ3) is 3.58. The molecule has 0 fully saturated rings. The summed E-state index contributed by atoms with van der Waals surface area (Å²) in [5.41, 5.74) is 2.77. The van der Waals surface area contributed by atoms with Crippen molar-refractivity contribution in [1.82, 2.24) is 0 Å². The lowest BCUT2D eigenvalue weighted by molar-refractivity contribution is 0.576. The first kappa shape index (κ1) is 12.1. The third-order valence-electron chi connectivity index (χ3n) is 2.81. The highest BCUT2D eigenvalue weighted by Crippen LogP contribution is 2.19. The van der Waals surface area contributed by atoms with Gasteiger partial charge in [0, 0.05) is 18.8 Å². The second-order valence-corrected chi connectivity index (χ2v) is 4.55. The topological polar surface area (TPSA) is 3.24 Å². The fourth-order valence-electron chi connectivity index (χ4n) is 1.78. The van der Waals surface area contributed by atoms with E-state index in [1.165, 1.54) is 24.2 Å². The molecule has 0 aliphatic rings. The van der Waals surface area contributed by atoms with Crippen molar-refractivity contribution >= 4 is 5.69 Å². The van der Waals surface area contributed by atoms with E-state index in [-0.39, 0.29) is 0 Å². The molecule has 0 bridgehead atoms. The highest BCUT2D eigenvalue weighted by atomic mass is 15.1. The molecule has 0 spiro atoms. The van der Waals surface area contributed by atoms with Crippen LogP contribution in [0.5, 0.6) is 0 Å². The van der Waals surface area contributed by atoms with Crippen molar-refractivity contribution in [3.63, 3.8) is 0 Å². The Hall–Kier alpha value is -0.980. The van der Waals surface area contributed by atoms with Gasteiger partial charge in [-0.15, -0.1) is 0 Å². The maximum Gasteiger partial charge on any atom is 0.0395 e. The SMILES string of the molecule is CCN(CCC(C)C)c1ccccc1C. The predicted octanol–water partition coefficient (Wildman–Crippen LogP) is 3.87. The van der Waals surface area contributed by atoms with Crippen LogP contribution in [0, 0.1) is 12.8 Å². The Morgan fingerprint density at radius 2 is 1.87 bits per heavy atom. The van der Waals surface area contributed by atoms with Gasteiger partial charge in [-0.1, -0.05) is 32.0 Å². The van der Waals surface area contributed by atoms with Gasteiger partial charge in [-0.25, -0.2) is 0 Å². The highest BCUT2D eigenvalue weighted by Gasteiger charge is 2.06. The number of hydrogen-bond donors (Lipinski definition) is 0. The average Bonchev–Trinajstić information content (AvgIpc) is 2.21. The van der Waals surface area contributed by atoms with Crippen LogP contribution in [0.1, 0.15) is 32.8 Å². The Balaban J connectivity index is 2.70. The molecular formula is C14H23N. The molecule has 1 rings (SSSR count). The largest absolute Gasteiger partial charge is 0.372 e. The van der Waals surface area contributed by atoms with Gasteiger partial charge in [-0.3, -0.25) is 0 Å². The lowest BCUT2D eigenvalue weighted by atomic mass is 10.1. The number of rotatable bonds is 5. The Labute approximate surface area is 94.1 Å². The molecule has 0 aliphatic carbocycles. The zero-order valence-corrected chi connectivity index (χ0v) is 10.5. The molecule has 0 amide bonds. The standard InChI is InChI=1S/C14H23N/c1-5-15(11-10-12(2)3)14-9-7-6-8-13(14)4/h6-9,12H,5,10-11H2,1-4H3. The van der Waals surface area contributed by atoms with Gasteiger partial charge in [-0.2, -0.15) is 0 Å². The summed E-state index contributed by atoms with van der Waals surface area (Å²) in [5.74, 6) is 0.781. The number of hydrogen-bond acceptors (Lipinski definition) is 1. The fraction of sp³-hybridized carbons (Fsp3) is 0.571. The summed E-state index contributed by atoms with van der Waals surface area (Å²) in [6, 6.07) is 8.64. The molecule has 1 heteroatoms. The summed E-state index contributed by atoms with van der Waals surface area (Å²) in [5, 5.41) is 0. The molecule has 0 atom stereocenters. The Morgan fingerprint density at radius 1 is 1.20 bits per heavy atom. The first-order valence-corrected chi connectivity index (χ1v) is 5.95. The van der Waals surface area contributed by atoms with E-state index >= 15 is 0 Å². The molecule has 0 saturated carbocycles. The lowest BCUT2D eigenvalue weighted by Gasteiger charge is -2.25. The van der Waals surface area contributed by atoms with E-state index in [9.17, 15) is 0 Å². The number of para-hydroxylation sites is 1. The Bertz CT molecular complexity index is 291. The number of anilines is 1. The van der Waals surface area contributed by atoms with Crippen molar-refractivity contribution in [3.8, 4) is 0 Å². The van der Waals surface area contributed by atoms with Crippen LogP contribution in [0.4, 0.5) is 5.69 Å². The van der Waals surface area contributed by atoms with Crippen LogP contribution in [0.15, 0.2) is 24.3 Å². The monoisotopic (exact) mass is 205 g/mol. The van der Waals surface area contributed by atoms with E-state index in [0.717, 1.165) is 12.5 Å². The van der Waals surface area contributed by atoms with Gasteiger partial charge in [0.2, 0.25) is 0 Å². The van der Waals surface area contributed by atoms with E-state index in [1.54, 1.807) is 0 Å². The molecule has 1 aromatic carbocycles. The minimum Gasteiger partial charge on any atom is -0.372 e. The molecular weight excluding hydrogens is 182 g/mol. The van der Waals surface area contributed by atoms with Crippen molar-refractivity contribution in [2.75, 3.05) is 18.0 Å². The molecule has 0 aliphatic heterocycles. The first-order chi connectivity index (χ1) is 7.15. The van der Waals surface area contributed by atoms with Crippen LogP contribution < -0.4 is 4.90 Å². The zero-order chi connectivity index (χ0) is 11.3. The molecule has 0 radical (unpaired) electrons. The van der Waals surface area contributed by atoms with Crippen molar-refractivity contribution < 1.29 is 0 Å². The highest BCUT2D eigenvalue weighted by molar-refractivity contribution is 5.52. The van der Waals surface area contributed by atoms with Gasteiger partial charge >= 0.3 is 0 Å². The van der Waals surface area contributed by atoms with Crippen molar-refractivity contribution in [2.45, 2.75) is 34.1 Å². The van der Waals surface area contributed by atoms with Gasteiger partial charge in [0.05, 0.1) is 0 Å². The average molecular weight is 205 g/mol. The molecule has 0 N–H and O–H groups in total. The van der Waals surface area contributed by atoms with E-state index in [0.29, 0.717) is 0 Å². The van der Waals surface area contributed by atoms with E-state index < -0.39 is 0 Å². The van der Waals surface area contributed by atoms with Crippen molar-refractivity contribution in [2.24, 2.45) is 5.92 Å². The Kier molecular flexibility index (Phi) is 4.67. The van der Waals surface area contributed by atoms with Gasteiger partial charge in [0.25, 0.3) is 0 Å². The third-order valence-corrected chi connectivity index (χ3v) is 2.81. The maximum atomic E-state index is 2.47. The van der Waals surface area contributed by atoms with Gasteiger partial charge in [0.15, 0.2) is 0 Å². The second-order valence-electron chi connectivity index (χ2n) is 4.55. The molecule has 84 valence electrons. The lowest BCUT2D eigenvalue weighted by Crippen LogP contribution is -2.25. The van der Waals surface area contributed by atoms with Crippen LogP contribution in [-0.2, 0) is 0 Å². The normalized spacial score (nSPS) is 10.7. The minimum absolute atomic E-state index is 0.781. The van der Waals surface area contributed by atoms with E-state index in [2.05, 4.69) is 56.9 Å². The summed E-state index contributed by atoms with van der Waals surface area (Å²) in [7, 11) is 0. The van der Waals surface area contributed by atoms with E-state index in [4.69, 9.17) is 0 Å². The predicted molar refractivity (Wildman–Crippen MR) is 68.5 cm³/mol. The van der Waals surface area contributed by atoms with Crippen LogP contribution in [0.25, 0.3) is 0 Å². The number of aryl methyl sites for hydroxylation is 1. The summed E-state index contributed by atoms with van der Waals surface area (Å²) in [4.78, 5) is 2.47. The molecule has 0 aromatic heterocycles. The fourth-order valence-corrected chi connectivity index (χ4v) is 1.78. The number of benzene rings is 1. The molecule has 0 saturated heterocycles. The smallest absolute Gasteiger partial charge is 0.0395 e. The Morgan fingerprint density at radius 3 is 2.40 bits per heavy atom. The second kappa shape index (κ2) is 5.79. The van der Waals surface area contributed by atoms with Crippen LogP contribution >= 0.6 is 0 Å². The van der Waals surface area contributed by atoms with Crippen LogP contribution in [-0.4, -0.2) is 13.1 Å². The number of nitrogens with zero attached hydrogens (tertiary/aromatic N) is 1. The molecule has 0 unspecified atom stereocenters. The van der Waals surface area contributed by atoms with Crippen LogP contribution in [0.2, 0.25) is 0 Å². The van der Waals surface area contributed by atoms with Gasteiger partial charge < -0.3 is 4.90 Å². The molecule has 1 aromatic rings. The quantitative estimate of drug-likeness (QED) is 0.705. The summed E-state index contributed by atoms with van der Waals surface area (Å²) >= 11 is 0. The zero-order valence-electron chi connectivity index (χ0n) is 10.5. The molecule has 1 nitrogen and oxygen atoms in total. The van der Waals surface area contributed by atoms with Crippen molar-refractivity contribution in [1.29, 1.82) is 0 Å². The van der Waals surface area contributed by atoms with Crippen molar-refractivity contribution in [3.05, 3.63) is 29.8 Å². The van der Waals surface area contributed by atoms with Crippen LogP contribution in [0.3, 0.4) is 0 Å². The van der Waals surface area contributed by atoms with Gasteiger partial charge in [-0.05, 0) is 37.8 Å². The molecule has 15 heavy (non-hydrogen) atoms. The van der Waals surface area contributed by atoms with E-state index in [1.807, 2.05) is 0 Å².